The summed E-state index contributed by atoms with van der Waals surface area (Å²) in [7, 11) is 1.50. The fourth-order valence-electron chi connectivity index (χ4n) is 2.35. The van der Waals surface area contributed by atoms with Crippen LogP contribution in [0.15, 0.2) is 18.2 Å². The molecule has 9 nitrogen and oxygen atoms in total. The Kier molecular flexibility index (Phi) is 5.39. The highest BCUT2D eigenvalue weighted by atomic mass is 16.6. The average Bonchev–Trinajstić information content (AvgIpc) is 2.52. The molecule has 2 rings (SSSR count). The lowest BCUT2D eigenvalue weighted by Gasteiger charge is -2.40. The van der Waals surface area contributed by atoms with Crippen molar-refractivity contribution in [1.82, 2.24) is 5.32 Å². The lowest BCUT2D eigenvalue weighted by Crippen LogP contribution is -2.62. The van der Waals surface area contributed by atoms with Crippen LogP contribution in [0.5, 0.6) is 5.75 Å². The summed E-state index contributed by atoms with van der Waals surface area (Å²) in [5.41, 5.74) is 5.67. The molecule has 1 fully saturated rings. The van der Waals surface area contributed by atoms with E-state index in [1.807, 2.05) is 0 Å². The van der Waals surface area contributed by atoms with E-state index in [1.54, 1.807) is 0 Å². The summed E-state index contributed by atoms with van der Waals surface area (Å²) in [5, 5.41) is 41.8. The molecule has 7 N–H and O–H groups in total. The molecule has 0 aromatic heterocycles. The van der Waals surface area contributed by atoms with Gasteiger partial charge in [0.2, 0.25) is 0 Å². The fraction of sp³-hybridized carbons (Fsp3) is 0.500. The van der Waals surface area contributed by atoms with Crippen molar-refractivity contribution in [1.29, 1.82) is 0 Å². The van der Waals surface area contributed by atoms with Gasteiger partial charge in [-0.3, -0.25) is 0 Å². The van der Waals surface area contributed by atoms with E-state index in [0.29, 0.717) is 0 Å². The first kappa shape index (κ1) is 17.4. The molecule has 1 heterocycles. The molecular formula is C14H20N2O7. The highest BCUT2D eigenvalue weighted by molar-refractivity contribution is 5.93. The van der Waals surface area contributed by atoms with Gasteiger partial charge in [0.25, 0.3) is 0 Å². The number of aliphatic hydroxyl groups is 3. The molecule has 0 saturated carbocycles. The second-order valence-electron chi connectivity index (χ2n) is 5.24. The molecule has 0 aliphatic carbocycles. The average molecular weight is 328 g/mol. The molecular weight excluding hydrogens is 308 g/mol. The van der Waals surface area contributed by atoms with Gasteiger partial charge in [-0.15, -0.1) is 0 Å². The van der Waals surface area contributed by atoms with Gasteiger partial charge in [0.1, 0.15) is 36.2 Å². The highest BCUT2D eigenvalue weighted by Crippen LogP contribution is 2.23. The van der Waals surface area contributed by atoms with Crippen molar-refractivity contribution < 1.29 is 34.7 Å². The lowest BCUT2D eigenvalue weighted by atomic mass is 9.97. The number of rotatable bonds is 4. The Labute approximate surface area is 132 Å². The Bertz CT molecular complexity index is 568. The van der Waals surface area contributed by atoms with E-state index in [9.17, 15) is 25.2 Å². The van der Waals surface area contributed by atoms with E-state index in [4.69, 9.17) is 15.2 Å². The van der Waals surface area contributed by atoms with E-state index in [1.165, 1.54) is 25.2 Å². The van der Waals surface area contributed by atoms with E-state index in [-0.39, 0.29) is 17.0 Å². The summed E-state index contributed by atoms with van der Waals surface area (Å²) < 4.78 is 10.1. The summed E-state index contributed by atoms with van der Waals surface area (Å²) >= 11 is 0. The molecule has 1 aliphatic heterocycles. The standard InChI is InChI=1S/C14H20N2O7/c1-16-10-12(19)11(18)9(23-14(10)21)5-22-13(20)7-4-6(15)2-3-8(7)17/h2-4,9-12,14,16-19,21H,5,15H2,1H3/t9?,10?,11-,12+,14+/m0/s1. The minimum absolute atomic E-state index is 0.135. The van der Waals surface area contributed by atoms with Crippen LogP contribution in [-0.2, 0) is 9.47 Å². The number of nitrogens with two attached hydrogens (primary N) is 1. The van der Waals surface area contributed by atoms with Crippen LogP contribution in [-0.4, -0.2) is 70.7 Å². The minimum Gasteiger partial charge on any atom is -0.507 e. The number of aromatic hydroxyl groups is 1. The van der Waals surface area contributed by atoms with Gasteiger partial charge in [-0.05, 0) is 25.2 Å². The van der Waals surface area contributed by atoms with Crippen LogP contribution in [0.4, 0.5) is 5.69 Å². The third-order valence-electron chi connectivity index (χ3n) is 3.67. The van der Waals surface area contributed by atoms with Crippen LogP contribution in [0, 0.1) is 0 Å². The predicted octanol–water partition coefficient (Wildman–Crippen LogP) is -1.84. The van der Waals surface area contributed by atoms with Crippen LogP contribution in [0.2, 0.25) is 0 Å². The number of ether oxygens (including phenoxy) is 2. The number of phenolic OH excluding ortho intramolecular Hbond substituents is 1. The van der Waals surface area contributed by atoms with Crippen molar-refractivity contribution in [3.63, 3.8) is 0 Å². The summed E-state index contributed by atoms with van der Waals surface area (Å²) in [4.78, 5) is 11.9. The van der Waals surface area contributed by atoms with Gasteiger partial charge < -0.3 is 41.0 Å². The smallest absolute Gasteiger partial charge is 0.342 e. The Morgan fingerprint density at radius 2 is 2.04 bits per heavy atom. The number of carbonyl (C=O) groups excluding carboxylic acids is 1. The van der Waals surface area contributed by atoms with Crippen molar-refractivity contribution in [2.45, 2.75) is 30.6 Å². The molecule has 1 aromatic rings. The van der Waals surface area contributed by atoms with Crippen LogP contribution in [0.25, 0.3) is 0 Å². The molecule has 128 valence electrons. The van der Waals surface area contributed by atoms with Crippen molar-refractivity contribution in [3.8, 4) is 5.75 Å². The largest absolute Gasteiger partial charge is 0.507 e. The summed E-state index contributed by atoms with van der Waals surface area (Å²) in [6.45, 7) is -0.418. The minimum atomic E-state index is -1.37. The number of nitrogen functional groups attached to an aromatic ring is 1. The Morgan fingerprint density at radius 3 is 2.70 bits per heavy atom. The number of carbonyl (C=O) groups is 1. The monoisotopic (exact) mass is 328 g/mol. The van der Waals surface area contributed by atoms with Crippen LogP contribution >= 0.6 is 0 Å². The number of hydrogen-bond acceptors (Lipinski definition) is 9. The molecule has 0 spiro atoms. The van der Waals surface area contributed by atoms with Gasteiger partial charge in [-0.25, -0.2) is 4.79 Å². The molecule has 1 aliphatic rings. The first-order valence-electron chi connectivity index (χ1n) is 6.97. The number of aliphatic hydroxyl groups excluding tert-OH is 3. The van der Waals surface area contributed by atoms with E-state index >= 15 is 0 Å². The van der Waals surface area contributed by atoms with Crippen molar-refractivity contribution >= 4 is 11.7 Å². The topological polar surface area (TPSA) is 154 Å². The highest BCUT2D eigenvalue weighted by Gasteiger charge is 2.43. The molecule has 0 amide bonds. The van der Waals surface area contributed by atoms with Crippen LogP contribution in [0.1, 0.15) is 10.4 Å². The van der Waals surface area contributed by atoms with Gasteiger partial charge in [-0.2, -0.15) is 0 Å². The zero-order chi connectivity index (χ0) is 17.1. The Balaban J connectivity index is 2.00. The maximum absolute atomic E-state index is 11.9. The molecule has 2 unspecified atom stereocenters. The quantitative estimate of drug-likeness (QED) is 0.212. The normalized spacial score (nSPS) is 30.9. The number of nitrogens with one attached hydrogen (secondary N) is 1. The third-order valence-corrected chi connectivity index (χ3v) is 3.67. The molecule has 5 atom stereocenters. The van der Waals surface area contributed by atoms with Crippen LogP contribution < -0.4 is 11.1 Å². The van der Waals surface area contributed by atoms with E-state index in [2.05, 4.69) is 5.32 Å². The number of benzene rings is 1. The maximum Gasteiger partial charge on any atom is 0.342 e. The van der Waals surface area contributed by atoms with Crippen molar-refractivity contribution in [2.24, 2.45) is 0 Å². The molecule has 0 radical (unpaired) electrons. The summed E-state index contributed by atoms with van der Waals surface area (Å²) in [6, 6.07) is 3.05. The first-order chi connectivity index (χ1) is 10.8. The SMILES string of the molecule is CNC1[C@H](O)OC(COC(=O)c2cc(N)ccc2O)[C@H](O)[C@@H]1O. The van der Waals surface area contributed by atoms with Crippen LogP contribution in [0.3, 0.4) is 0 Å². The van der Waals surface area contributed by atoms with E-state index in [0.717, 1.165) is 0 Å². The molecule has 23 heavy (non-hydrogen) atoms. The zero-order valence-corrected chi connectivity index (χ0v) is 12.4. The number of phenols is 1. The molecule has 1 saturated heterocycles. The van der Waals surface area contributed by atoms with E-state index < -0.39 is 43.2 Å². The van der Waals surface area contributed by atoms with Gasteiger partial charge in [0.05, 0.1) is 6.04 Å². The number of esters is 1. The molecule has 0 bridgehead atoms. The Morgan fingerprint density at radius 1 is 1.35 bits per heavy atom. The molecule has 9 heteroatoms. The number of likely N-dealkylation sites (N-methyl/N-ethyl adjacent to an activating group) is 1. The maximum atomic E-state index is 11.9. The van der Waals surface area contributed by atoms with Gasteiger partial charge in [0.15, 0.2) is 6.29 Å². The van der Waals surface area contributed by atoms with Gasteiger partial charge >= 0.3 is 5.97 Å². The van der Waals surface area contributed by atoms with Crippen molar-refractivity contribution in [3.05, 3.63) is 23.8 Å². The number of anilines is 1. The molecule has 1 aromatic carbocycles. The lowest BCUT2D eigenvalue weighted by molar-refractivity contribution is -0.253. The fourth-order valence-corrected chi connectivity index (χ4v) is 2.35. The second-order valence-corrected chi connectivity index (χ2v) is 5.24. The zero-order valence-electron chi connectivity index (χ0n) is 12.4. The first-order valence-corrected chi connectivity index (χ1v) is 6.97. The Hall–Kier alpha value is -1.91. The summed E-state index contributed by atoms with van der Waals surface area (Å²) in [6.07, 6.45) is -5.15. The third kappa shape index (κ3) is 3.71. The number of hydrogen-bond donors (Lipinski definition) is 6. The predicted molar refractivity (Wildman–Crippen MR) is 78.5 cm³/mol. The van der Waals surface area contributed by atoms with Gasteiger partial charge in [-0.1, -0.05) is 0 Å². The van der Waals surface area contributed by atoms with Crippen molar-refractivity contribution in [2.75, 3.05) is 19.4 Å². The summed E-state index contributed by atoms with van der Waals surface area (Å²) in [5.74, 6) is -1.17. The second kappa shape index (κ2) is 7.11. The van der Waals surface area contributed by atoms with Gasteiger partial charge in [0, 0.05) is 5.69 Å².